The molecular formula is C22H22N4O4. The van der Waals surface area contributed by atoms with E-state index in [1.54, 1.807) is 18.2 Å². The molecule has 154 valence electrons. The third-order valence-corrected chi connectivity index (χ3v) is 5.43. The number of piperidine rings is 1. The molecule has 0 bridgehead atoms. The van der Waals surface area contributed by atoms with Gasteiger partial charge in [0.2, 0.25) is 11.8 Å². The summed E-state index contributed by atoms with van der Waals surface area (Å²) >= 11 is 0. The van der Waals surface area contributed by atoms with Gasteiger partial charge >= 0.3 is 0 Å². The Kier molecular flexibility index (Phi) is 5.43. The summed E-state index contributed by atoms with van der Waals surface area (Å²) in [6.07, 6.45) is 0.239. The van der Waals surface area contributed by atoms with Crippen LogP contribution in [0.2, 0.25) is 0 Å². The molecule has 0 saturated carbocycles. The Labute approximate surface area is 173 Å². The van der Waals surface area contributed by atoms with Crippen LogP contribution >= 0.6 is 0 Å². The maximum atomic E-state index is 12.9. The lowest BCUT2D eigenvalue weighted by Gasteiger charge is -2.27. The Hall–Kier alpha value is -3.36. The molecule has 2 atom stereocenters. The van der Waals surface area contributed by atoms with E-state index in [1.807, 2.05) is 30.3 Å². The molecular weight excluding hydrogens is 384 g/mol. The smallest absolute Gasteiger partial charge is 0.262 e. The van der Waals surface area contributed by atoms with E-state index in [9.17, 15) is 19.2 Å². The van der Waals surface area contributed by atoms with Crippen LogP contribution in [0.1, 0.15) is 50.7 Å². The van der Waals surface area contributed by atoms with E-state index in [4.69, 9.17) is 5.73 Å². The minimum atomic E-state index is -0.958. The number of hydrogen-bond donors (Lipinski definition) is 3. The van der Waals surface area contributed by atoms with Gasteiger partial charge in [-0.2, -0.15) is 0 Å². The summed E-state index contributed by atoms with van der Waals surface area (Å²) in [5.41, 5.74) is 8.59. The predicted molar refractivity (Wildman–Crippen MR) is 108 cm³/mol. The van der Waals surface area contributed by atoms with Crippen molar-refractivity contribution in [2.45, 2.75) is 31.5 Å². The molecule has 1 fully saturated rings. The number of imide groups is 2. The van der Waals surface area contributed by atoms with Crippen molar-refractivity contribution in [3.63, 3.8) is 0 Å². The second kappa shape index (κ2) is 8.17. The molecule has 30 heavy (non-hydrogen) atoms. The van der Waals surface area contributed by atoms with Crippen LogP contribution in [0.5, 0.6) is 0 Å². The molecule has 4 amide bonds. The maximum Gasteiger partial charge on any atom is 0.262 e. The number of benzene rings is 2. The van der Waals surface area contributed by atoms with Gasteiger partial charge in [-0.3, -0.25) is 29.4 Å². The van der Waals surface area contributed by atoms with Gasteiger partial charge in [0.15, 0.2) is 0 Å². The Balaban J connectivity index is 1.43. The van der Waals surface area contributed by atoms with Crippen molar-refractivity contribution in [3.05, 3.63) is 70.8 Å². The summed E-state index contributed by atoms with van der Waals surface area (Å²) in [5, 5.41) is 5.46. The van der Waals surface area contributed by atoms with E-state index in [2.05, 4.69) is 10.6 Å². The monoisotopic (exact) mass is 406 g/mol. The molecule has 2 aromatic rings. The zero-order chi connectivity index (χ0) is 21.3. The summed E-state index contributed by atoms with van der Waals surface area (Å²) in [6.45, 7) is 1.03. The van der Waals surface area contributed by atoms with Crippen LogP contribution in [-0.2, 0) is 16.1 Å². The Morgan fingerprint density at radius 3 is 2.50 bits per heavy atom. The van der Waals surface area contributed by atoms with E-state index >= 15 is 0 Å². The van der Waals surface area contributed by atoms with Crippen molar-refractivity contribution >= 4 is 23.6 Å². The first-order valence-electron chi connectivity index (χ1n) is 9.81. The highest BCUT2D eigenvalue weighted by atomic mass is 16.2. The number of nitrogens with two attached hydrogens (primary N) is 1. The van der Waals surface area contributed by atoms with Crippen molar-refractivity contribution in [1.82, 2.24) is 15.5 Å². The maximum absolute atomic E-state index is 12.9. The number of carbonyl (C=O) groups excluding carboxylic acids is 4. The zero-order valence-electron chi connectivity index (χ0n) is 16.3. The summed E-state index contributed by atoms with van der Waals surface area (Å²) in [6, 6.07) is 13.7. The van der Waals surface area contributed by atoms with Gasteiger partial charge in [-0.15, -0.1) is 0 Å². The van der Waals surface area contributed by atoms with E-state index < -0.39 is 29.7 Å². The molecule has 4 N–H and O–H groups in total. The van der Waals surface area contributed by atoms with E-state index in [0.717, 1.165) is 16.0 Å². The number of nitrogens with one attached hydrogen (secondary N) is 2. The van der Waals surface area contributed by atoms with Gasteiger partial charge < -0.3 is 11.1 Å². The van der Waals surface area contributed by atoms with Crippen LogP contribution in [0.4, 0.5) is 0 Å². The molecule has 8 nitrogen and oxygen atoms in total. The van der Waals surface area contributed by atoms with Crippen molar-refractivity contribution in [1.29, 1.82) is 0 Å². The SMILES string of the molecule is N[C@H](CNCc1ccc2c(c1)C(=O)N(C1CCC(=O)NC1=O)C2=O)c1ccccc1. The fraction of sp³-hybridized carbons (Fsp3) is 0.273. The number of amides is 4. The van der Waals surface area contributed by atoms with Crippen molar-refractivity contribution < 1.29 is 19.2 Å². The van der Waals surface area contributed by atoms with Gasteiger partial charge in [0.1, 0.15) is 6.04 Å². The number of nitrogens with zero attached hydrogens (tertiary/aromatic N) is 1. The van der Waals surface area contributed by atoms with E-state index in [1.165, 1.54) is 0 Å². The molecule has 2 heterocycles. The Morgan fingerprint density at radius 1 is 1.03 bits per heavy atom. The summed E-state index contributed by atoms with van der Waals surface area (Å²) in [4.78, 5) is 50.0. The molecule has 2 aliphatic heterocycles. The third-order valence-electron chi connectivity index (χ3n) is 5.43. The van der Waals surface area contributed by atoms with Crippen molar-refractivity contribution in [2.24, 2.45) is 5.73 Å². The number of fused-ring (bicyclic) bond motifs is 1. The summed E-state index contributed by atoms with van der Waals surface area (Å²) < 4.78 is 0. The highest BCUT2D eigenvalue weighted by molar-refractivity contribution is 6.23. The highest BCUT2D eigenvalue weighted by Crippen LogP contribution is 2.28. The number of rotatable bonds is 6. The highest BCUT2D eigenvalue weighted by Gasteiger charge is 2.44. The van der Waals surface area contributed by atoms with Crippen LogP contribution in [0.25, 0.3) is 0 Å². The minimum Gasteiger partial charge on any atom is -0.323 e. The molecule has 1 saturated heterocycles. The number of carbonyl (C=O) groups is 4. The summed E-state index contributed by atoms with van der Waals surface area (Å²) in [5.74, 6) is -2.02. The van der Waals surface area contributed by atoms with Crippen LogP contribution < -0.4 is 16.4 Å². The van der Waals surface area contributed by atoms with E-state index in [0.29, 0.717) is 13.1 Å². The molecule has 1 unspecified atom stereocenters. The second-order valence-electron chi connectivity index (χ2n) is 7.48. The summed E-state index contributed by atoms with van der Waals surface area (Å²) in [7, 11) is 0. The van der Waals surface area contributed by atoms with Gasteiger partial charge in [0.25, 0.3) is 11.8 Å². The van der Waals surface area contributed by atoms with Gasteiger partial charge in [0.05, 0.1) is 11.1 Å². The van der Waals surface area contributed by atoms with Crippen LogP contribution in [0.3, 0.4) is 0 Å². The standard InChI is InChI=1S/C22H22N4O4/c23-17(14-4-2-1-3-5-14)12-24-11-13-6-7-15-16(10-13)22(30)26(21(15)29)18-8-9-19(27)25-20(18)28/h1-7,10,17-18,24H,8-9,11-12,23H2,(H,25,27,28)/t17-,18?/m1/s1. The fourth-order valence-corrected chi connectivity index (χ4v) is 3.82. The molecule has 0 aliphatic carbocycles. The van der Waals surface area contributed by atoms with Gasteiger partial charge in [-0.1, -0.05) is 36.4 Å². The molecule has 4 rings (SSSR count). The molecule has 2 aromatic carbocycles. The van der Waals surface area contributed by atoms with Crippen LogP contribution in [-0.4, -0.2) is 41.1 Å². The fourth-order valence-electron chi connectivity index (χ4n) is 3.82. The van der Waals surface area contributed by atoms with Gasteiger partial charge in [-0.05, 0) is 29.7 Å². The molecule has 0 spiro atoms. The zero-order valence-corrected chi connectivity index (χ0v) is 16.3. The predicted octanol–water partition coefficient (Wildman–Crippen LogP) is 0.877. The van der Waals surface area contributed by atoms with E-state index in [-0.39, 0.29) is 30.0 Å². The molecule has 2 aliphatic rings. The average Bonchev–Trinajstić information content (AvgIpc) is 2.99. The minimum absolute atomic E-state index is 0.0979. The van der Waals surface area contributed by atoms with Crippen LogP contribution in [0, 0.1) is 0 Å². The molecule has 8 heteroatoms. The first kappa shape index (κ1) is 19.9. The normalized spacial score (nSPS) is 19.6. The molecule has 0 radical (unpaired) electrons. The van der Waals surface area contributed by atoms with Crippen LogP contribution in [0.15, 0.2) is 48.5 Å². The first-order chi connectivity index (χ1) is 14.5. The molecule has 0 aromatic heterocycles. The third kappa shape index (κ3) is 3.74. The Morgan fingerprint density at radius 2 is 1.77 bits per heavy atom. The van der Waals surface area contributed by atoms with Crippen molar-refractivity contribution in [2.75, 3.05) is 6.54 Å². The van der Waals surface area contributed by atoms with Gasteiger partial charge in [-0.25, -0.2) is 0 Å². The second-order valence-corrected chi connectivity index (χ2v) is 7.48. The topological polar surface area (TPSA) is 122 Å². The first-order valence-corrected chi connectivity index (χ1v) is 9.81. The average molecular weight is 406 g/mol. The lowest BCUT2D eigenvalue weighted by atomic mass is 10.0. The quantitative estimate of drug-likeness (QED) is 0.612. The largest absolute Gasteiger partial charge is 0.323 e. The lowest BCUT2D eigenvalue weighted by molar-refractivity contribution is -0.136. The van der Waals surface area contributed by atoms with Gasteiger partial charge in [0, 0.05) is 25.6 Å². The number of hydrogen-bond acceptors (Lipinski definition) is 6. The lowest BCUT2D eigenvalue weighted by Crippen LogP contribution is -2.54. The van der Waals surface area contributed by atoms with Crippen molar-refractivity contribution in [3.8, 4) is 0 Å². The Bertz CT molecular complexity index is 1020.